The van der Waals surface area contributed by atoms with Crippen LogP contribution < -0.4 is 0 Å². The van der Waals surface area contributed by atoms with Gasteiger partial charge in [0.1, 0.15) is 31.0 Å². The van der Waals surface area contributed by atoms with Crippen LogP contribution in [0.5, 0.6) is 0 Å². The van der Waals surface area contributed by atoms with E-state index in [2.05, 4.69) is 74.6 Å². The summed E-state index contributed by atoms with van der Waals surface area (Å²) in [5, 5.41) is 40.0. The molecule has 0 amide bonds. The Hall–Kier alpha value is -2.60. The summed E-state index contributed by atoms with van der Waals surface area (Å²) in [5.41, 5.74) is 0. The van der Waals surface area contributed by atoms with Crippen LogP contribution in [0.3, 0.4) is 0 Å². The highest BCUT2D eigenvalue weighted by atomic mass is 16.7. The topological polar surface area (TPSA) is 152 Å². The molecule has 316 valence electrons. The van der Waals surface area contributed by atoms with Gasteiger partial charge in [0.05, 0.1) is 13.2 Å². The fourth-order valence-corrected chi connectivity index (χ4v) is 6.00. The number of carbonyl (C=O) groups excluding carboxylic acids is 2. The van der Waals surface area contributed by atoms with Gasteiger partial charge in [-0.15, -0.1) is 0 Å². The molecular weight excluding hydrogens is 700 g/mol. The zero-order valence-corrected chi connectivity index (χ0v) is 34.2. The SMILES string of the molecule is CC/C=C/C/C=C/C/C=C/CCCCCCCC(=O)OC[C@@H](CO[C@H]1O[C@@H](CO)[C@@H](O)C(O)C1O)OC(=O)CCCC/C=C/C/C=C/CCCCCCCC. The standard InChI is InChI=1S/C45H76O10/c1-3-5-7-9-11-13-15-17-19-21-23-25-27-29-31-33-40(47)52-36-38(37-53-45-44(51)43(50)42(49)39(35-46)55-45)54-41(48)34-32-30-28-26-24-22-20-18-16-14-12-10-8-6-4-2/h5,7,11,13,17-20,24,26,38-39,42-46,49-51H,3-4,6,8-10,12,14-16,21-23,25,27-37H2,1-2H3/b7-5+,13-11+,19-17+,20-18+,26-24+/t38-,39-,42+,43?,44?,45-/m0/s1. The minimum Gasteiger partial charge on any atom is -0.462 e. The van der Waals surface area contributed by atoms with E-state index in [1.54, 1.807) is 0 Å². The number of carbonyl (C=O) groups is 2. The molecule has 0 aliphatic carbocycles. The van der Waals surface area contributed by atoms with E-state index in [1.165, 1.54) is 38.5 Å². The van der Waals surface area contributed by atoms with Crippen molar-refractivity contribution in [1.29, 1.82) is 0 Å². The molecule has 1 rings (SSSR count). The summed E-state index contributed by atoms with van der Waals surface area (Å²) >= 11 is 0. The molecule has 1 aliphatic heterocycles. The highest BCUT2D eigenvalue weighted by molar-refractivity contribution is 5.70. The van der Waals surface area contributed by atoms with Gasteiger partial charge in [0.25, 0.3) is 0 Å². The van der Waals surface area contributed by atoms with Crippen molar-refractivity contribution in [2.24, 2.45) is 0 Å². The first-order valence-electron chi connectivity index (χ1n) is 21.4. The molecular formula is C45H76O10. The third-order valence-electron chi connectivity index (χ3n) is 9.39. The molecule has 2 unspecified atom stereocenters. The summed E-state index contributed by atoms with van der Waals surface area (Å²) in [5.74, 6) is -0.870. The van der Waals surface area contributed by atoms with E-state index < -0.39 is 55.4 Å². The summed E-state index contributed by atoms with van der Waals surface area (Å²) in [7, 11) is 0. The first-order chi connectivity index (χ1) is 26.8. The van der Waals surface area contributed by atoms with Crippen molar-refractivity contribution in [1.82, 2.24) is 0 Å². The van der Waals surface area contributed by atoms with Gasteiger partial charge in [0.15, 0.2) is 12.4 Å². The second-order valence-electron chi connectivity index (χ2n) is 14.4. The lowest BCUT2D eigenvalue weighted by Gasteiger charge is -2.39. The fourth-order valence-electron chi connectivity index (χ4n) is 6.00. The Morgan fingerprint density at radius 1 is 0.582 bits per heavy atom. The van der Waals surface area contributed by atoms with Gasteiger partial charge < -0.3 is 39.4 Å². The van der Waals surface area contributed by atoms with Gasteiger partial charge in [-0.2, -0.15) is 0 Å². The second kappa shape index (κ2) is 35.8. The van der Waals surface area contributed by atoms with Gasteiger partial charge in [-0.05, 0) is 77.0 Å². The van der Waals surface area contributed by atoms with Crippen molar-refractivity contribution in [2.45, 2.75) is 192 Å². The minimum absolute atomic E-state index is 0.181. The van der Waals surface area contributed by atoms with E-state index in [1.807, 2.05) is 0 Å². The van der Waals surface area contributed by atoms with Gasteiger partial charge in [0, 0.05) is 12.8 Å². The molecule has 0 aromatic heterocycles. The van der Waals surface area contributed by atoms with Crippen LogP contribution in [0.25, 0.3) is 0 Å². The van der Waals surface area contributed by atoms with Crippen LogP contribution in [0.4, 0.5) is 0 Å². The monoisotopic (exact) mass is 777 g/mol. The zero-order valence-electron chi connectivity index (χ0n) is 34.2. The van der Waals surface area contributed by atoms with Crippen molar-refractivity contribution in [3.8, 4) is 0 Å². The molecule has 55 heavy (non-hydrogen) atoms. The van der Waals surface area contributed by atoms with Crippen molar-refractivity contribution in [3.63, 3.8) is 0 Å². The Balaban J connectivity index is 2.40. The predicted molar refractivity (Wildman–Crippen MR) is 219 cm³/mol. The molecule has 0 aromatic carbocycles. The smallest absolute Gasteiger partial charge is 0.306 e. The maximum absolute atomic E-state index is 12.7. The lowest BCUT2D eigenvalue weighted by Crippen LogP contribution is -2.59. The number of hydrogen-bond donors (Lipinski definition) is 4. The van der Waals surface area contributed by atoms with E-state index in [4.69, 9.17) is 18.9 Å². The summed E-state index contributed by atoms with van der Waals surface area (Å²) in [4.78, 5) is 25.3. The van der Waals surface area contributed by atoms with Crippen LogP contribution in [0.15, 0.2) is 60.8 Å². The molecule has 0 spiro atoms. The van der Waals surface area contributed by atoms with Crippen LogP contribution in [0.2, 0.25) is 0 Å². The van der Waals surface area contributed by atoms with Gasteiger partial charge in [-0.3, -0.25) is 9.59 Å². The molecule has 1 saturated heterocycles. The van der Waals surface area contributed by atoms with Gasteiger partial charge >= 0.3 is 11.9 Å². The number of aliphatic hydroxyl groups is 4. The van der Waals surface area contributed by atoms with E-state index >= 15 is 0 Å². The van der Waals surface area contributed by atoms with Crippen molar-refractivity contribution in [2.75, 3.05) is 19.8 Å². The number of hydrogen-bond acceptors (Lipinski definition) is 10. The minimum atomic E-state index is -1.60. The van der Waals surface area contributed by atoms with Crippen molar-refractivity contribution >= 4 is 11.9 Å². The molecule has 0 saturated carbocycles. The first-order valence-corrected chi connectivity index (χ1v) is 21.4. The zero-order chi connectivity index (χ0) is 40.2. The Kier molecular flexibility index (Phi) is 32.8. The summed E-state index contributed by atoms with van der Waals surface area (Å²) < 4.78 is 22.1. The number of unbranched alkanes of at least 4 members (excludes halogenated alkanes) is 13. The maximum atomic E-state index is 12.7. The van der Waals surface area contributed by atoms with Crippen LogP contribution in [-0.2, 0) is 28.5 Å². The normalized spacial score (nSPS) is 21.2. The molecule has 0 bridgehead atoms. The largest absolute Gasteiger partial charge is 0.462 e. The highest BCUT2D eigenvalue weighted by Gasteiger charge is 2.44. The van der Waals surface area contributed by atoms with Crippen LogP contribution in [0, 0.1) is 0 Å². The van der Waals surface area contributed by atoms with E-state index in [0.717, 1.165) is 77.0 Å². The predicted octanol–water partition coefficient (Wildman–Crippen LogP) is 8.66. The number of allylic oxidation sites excluding steroid dienone is 10. The van der Waals surface area contributed by atoms with Gasteiger partial charge in [-0.25, -0.2) is 0 Å². The molecule has 4 N–H and O–H groups in total. The van der Waals surface area contributed by atoms with Crippen molar-refractivity contribution in [3.05, 3.63) is 60.8 Å². The molecule has 6 atom stereocenters. The van der Waals surface area contributed by atoms with E-state index in [9.17, 15) is 30.0 Å². The molecule has 1 aliphatic rings. The maximum Gasteiger partial charge on any atom is 0.306 e. The fraction of sp³-hybridized carbons (Fsp3) is 0.733. The quantitative estimate of drug-likeness (QED) is 0.0284. The lowest BCUT2D eigenvalue weighted by molar-refractivity contribution is -0.305. The average molecular weight is 777 g/mol. The number of rotatable bonds is 34. The van der Waals surface area contributed by atoms with E-state index in [-0.39, 0.29) is 26.1 Å². The van der Waals surface area contributed by atoms with Gasteiger partial charge in [0.2, 0.25) is 0 Å². The van der Waals surface area contributed by atoms with Gasteiger partial charge in [-0.1, -0.05) is 126 Å². The lowest BCUT2D eigenvalue weighted by atomic mass is 9.99. The molecule has 1 heterocycles. The summed E-state index contributed by atoms with van der Waals surface area (Å²) in [6.45, 7) is 3.23. The Labute approximate surface area is 332 Å². The van der Waals surface area contributed by atoms with Crippen molar-refractivity contribution < 1.29 is 49.0 Å². The Morgan fingerprint density at radius 3 is 1.65 bits per heavy atom. The van der Waals surface area contributed by atoms with E-state index in [0.29, 0.717) is 12.8 Å². The summed E-state index contributed by atoms with van der Waals surface area (Å²) in [6, 6.07) is 0. The number of aliphatic hydroxyl groups excluding tert-OH is 4. The second-order valence-corrected chi connectivity index (χ2v) is 14.4. The molecule has 1 fully saturated rings. The Bertz CT molecular complexity index is 1080. The molecule has 0 aromatic rings. The highest BCUT2D eigenvalue weighted by Crippen LogP contribution is 2.22. The number of ether oxygens (including phenoxy) is 4. The van der Waals surface area contributed by atoms with Crippen LogP contribution in [0.1, 0.15) is 155 Å². The third-order valence-corrected chi connectivity index (χ3v) is 9.39. The molecule has 0 radical (unpaired) electrons. The van der Waals surface area contributed by atoms with Crippen LogP contribution in [-0.4, -0.2) is 89.0 Å². The molecule has 10 heteroatoms. The Morgan fingerprint density at radius 2 is 1.07 bits per heavy atom. The number of esters is 2. The first kappa shape index (κ1) is 50.4. The third kappa shape index (κ3) is 27.6. The summed E-state index contributed by atoms with van der Waals surface area (Å²) in [6.07, 6.45) is 35.1. The van der Waals surface area contributed by atoms with Crippen LogP contribution >= 0.6 is 0 Å². The molecule has 10 nitrogen and oxygen atoms in total. The average Bonchev–Trinajstić information content (AvgIpc) is 3.18.